The fourth-order valence-corrected chi connectivity index (χ4v) is 3.43. The van der Waals surface area contributed by atoms with Gasteiger partial charge in [-0.15, -0.1) is 22.7 Å². The molecule has 1 fully saturated rings. The summed E-state index contributed by atoms with van der Waals surface area (Å²) in [6.45, 7) is 3.09. The van der Waals surface area contributed by atoms with E-state index in [1.165, 1.54) is 33.3 Å². The van der Waals surface area contributed by atoms with E-state index >= 15 is 0 Å². The molecule has 3 rings (SSSR count). The lowest BCUT2D eigenvalue weighted by atomic mass is 10.4. The van der Waals surface area contributed by atoms with Gasteiger partial charge in [-0.3, -0.25) is 0 Å². The highest BCUT2D eigenvalue weighted by molar-refractivity contribution is 7.21. The number of thiazole rings is 1. The second kappa shape index (κ2) is 4.28. The zero-order valence-corrected chi connectivity index (χ0v) is 10.8. The van der Waals surface area contributed by atoms with Gasteiger partial charge in [0.25, 0.3) is 0 Å². The average Bonchev–Trinajstić information content (AvgIpc) is 2.80. The van der Waals surface area contributed by atoms with E-state index in [4.69, 9.17) is 0 Å². The number of nitrogens with one attached hydrogen (secondary N) is 1. The van der Waals surface area contributed by atoms with Crippen molar-refractivity contribution in [1.29, 1.82) is 0 Å². The number of hydrogen-bond acceptors (Lipinski definition) is 4. The van der Waals surface area contributed by atoms with Crippen LogP contribution in [0.15, 0.2) is 17.5 Å². The zero-order chi connectivity index (χ0) is 11.0. The molecule has 0 amide bonds. The van der Waals surface area contributed by atoms with Gasteiger partial charge in [0.15, 0.2) is 0 Å². The van der Waals surface area contributed by atoms with Crippen molar-refractivity contribution in [2.75, 3.05) is 0 Å². The van der Waals surface area contributed by atoms with Gasteiger partial charge in [0.1, 0.15) is 5.01 Å². The molecule has 84 valence electrons. The van der Waals surface area contributed by atoms with Crippen molar-refractivity contribution in [2.45, 2.75) is 32.4 Å². The predicted octanol–water partition coefficient (Wildman–Crippen LogP) is 3.43. The molecule has 0 unspecified atom stereocenters. The van der Waals surface area contributed by atoms with E-state index in [0.717, 1.165) is 12.6 Å². The monoisotopic (exact) mass is 250 g/mol. The van der Waals surface area contributed by atoms with E-state index < -0.39 is 0 Å². The fourth-order valence-electron chi connectivity index (χ4n) is 1.62. The molecule has 16 heavy (non-hydrogen) atoms. The Morgan fingerprint density at radius 3 is 3.06 bits per heavy atom. The summed E-state index contributed by atoms with van der Waals surface area (Å²) in [6, 6.07) is 4.99. The van der Waals surface area contributed by atoms with Crippen LogP contribution in [0.25, 0.3) is 9.88 Å². The fraction of sp³-hybridized carbons (Fsp3) is 0.417. The summed E-state index contributed by atoms with van der Waals surface area (Å²) in [4.78, 5) is 7.31. The van der Waals surface area contributed by atoms with Crippen LogP contribution in [0.3, 0.4) is 0 Å². The first kappa shape index (κ1) is 10.4. The van der Waals surface area contributed by atoms with Gasteiger partial charge in [0.05, 0.1) is 10.6 Å². The minimum atomic E-state index is 0.770. The van der Waals surface area contributed by atoms with Crippen molar-refractivity contribution in [2.24, 2.45) is 0 Å². The third kappa shape index (κ3) is 2.19. The molecule has 2 heterocycles. The van der Waals surface area contributed by atoms with Gasteiger partial charge < -0.3 is 5.32 Å². The Kier molecular flexibility index (Phi) is 2.79. The van der Waals surface area contributed by atoms with Crippen molar-refractivity contribution < 1.29 is 0 Å². The van der Waals surface area contributed by atoms with E-state index in [1.807, 2.05) is 11.3 Å². The molecular formula is C12H14N2S2. The highest BCUT2D eigenvalue weighted by Crippen LogP contribution is 2.31. The van der Waals surface area contributed by atoms with Crippen LogP contribution < -0.4 is 5.32 Å². The Labute approximate surface area is 103 Å². The normalized spacial score (nSPS) is 15.6. The van der Waals surface area contributed by atoms with Crippen molar-refractivity contribution in [1.82, 2.24) is 10.3 Å². The summed E-state index contributed by atoms with van der Waals surface area (Å²) in [6.07, 6.45) is 2.69. The van der Waals surface area contributed by atoms with Gasteiger partial charge in [0.2, 0.25) is 0 Å². The SMILES string of the molecule is Cc1nc(-c2cccs2)sc1CNC1CC1. The molecule has 0 radical (unpaired) electrons. The van der Waals surface area contributed by atoms with Gasteiger partial charge in [-0.2, -0.15) is 0 Å². The lowest BCUT2D eigenvalue weighted by molar-refractivity contribution is 0.691. The zero-order valence-electron chi connectivity index (χ0n) is 9.19. The Hall–Kier alpha value is -0.710. The van der Waals surface area contributed by atoms with Crippen LogP contribution >= 0.6 is 22.7 Å². The molecular weight excluding hydrogens is 236 g/mol. The maximum absolute atomic E-state index is 4.64. The van der Waals surface area contributed by atoms with Gasteiger partial charge in [-0.25, -0.2) is 4.98 Å². The maximum Gasteiger partial charge on any atom is 0.133 e. The summed E-state index contributed by atoms with van der Waals surface area (Å²) in [5.74, 6) is 0. The molecule has 2 aromatic rings. The summed E-state index contributed by atoms with van der Waals surface area (Å²) in [5, 5.41) is 6.82. The van der Waals surface area contributed by atoms with Crippen molar-refractivity contribution in [3.63, 3.8) is 0 Å². The van der Waals surface area contributed by atoms with Gasteiger partial charge >= 0.3 is 0 Å². The highest BCUT2D eigenvalue weighted by Gasteiger charge is 2.21. The van der Waals surface area contributed by atoms with Crippen LogP contribution in [0.1, 0.15) is 23.4 Å². The highest BCUT2D eigenvalue weighted by atomic mass is 32.1. The minimum Gasteiger partial charge on any atom is -0.309 e. The van der Waals surface area contributed by atoms with Crippen molar-refractivity contribution in [3.8, 4) is 9.88 Å². The van der Waals surface area contributed by atoms with Crippen molar-refractivity contribution >= 4 is 22.7 Å². The number of hydrogen-bond donors (Lipinski definition) is 1. The molecule has 0 spiro atoms. The summed E-state index contributed by atoms with van der Waals surface area (Å²) < 4.78 is 0. The number of rotatable bonds is 4. The largest absolute Gasteiger partial charge is 0.309 e. The molecule has 2 nitrogen and oxygen atoms in total. The Bertz CT molecular complexity index is 469. The van der Waals surface area contributed by atoms with Crippen LogP contribution in [0, 0.1) is 6.92 Å². The van der Waals surface area contributed by atoms with Crippen LogP contribution in [0.4, 0.5) is 0 Å². The Morgan fingerprint density at radius 2 is 2.38 bits per heavy atom. The molecule has 1 N–H and O–H groups in total. The second-order valence-corrected chi connectivity index (χ2v) is 6.19. The van der Waals surface area contributed by atoms with E-state index in [2.05, 4.69) is 34.7 Å². The molecule has 1 aliphatic rings. The molecule has 4 heteroatoms. The van der Waals surface area contributed by atoms with E-state index in [0.29, 0.717) is 0 Å². The lowest BCUT2D eigenvalue weighted by Crippen LogP contribution is -2.14. The first-order valence-corrected chi connectivity index (χ1v) is 7.26. The van der Waals surface area contributed by atoms with Gasteiger partial charge in [-0.05, 0) is 31.2 Å². The third-order valence-corrected chi connectivity index (χ3v) is 4.95. The average molecular weight is 250 g/mol. The van der Waals surface area contributed by atoms with Gasteiger partial charge in [-0.1, -0.05) is 6.07 Å². The molecule has 0 aromatic carbocycles. The number of aromatic nitrogens is 1. The quantitative estimate of drug-likeness (QED) is 0.899. The summed E-state index contributed by atoms with van der Waals surface area (Å²) in [5.41, 5.74) is 1.18. The second-order valence-electron chi connectivity index (χ2n) is 4.16. The first-order chi connectivity index (χ1) is 7.83. The molecule has 0 aliphatic heterocycles. The van der Waals surface area contributed by atoms with Crippen LogP contribution in [-0.2, 0) is 6.54 Å². The summed E-state index contributed by atoms with van der Waals surface area (Å²) in [7, 11) is 0. The molecule has 0 bridgehead atoms. The van der Waals surface area contributed by atoms with Crippen LogP contribution in [0.2, 0.25) is 0 Å². The first-order valence-electron chi connectivity index (χ1n) is 5.56. The minimum absolute atomic E-state index is 0.770. The molecule has 1 aliphatic carbocycles. The maximum atomic E-state index is 4.64. The van der Waals surface area contributed by atoms with E-state index in [9.17, 15) is 0 Å². The molecule has 1 saturated carbocycles. The molecule has 2 aromatic heterocycles. The predicted molar refractivity (Wildman–Crippen MR) is 70.0 cm³/mol. The van der Waals surface area contributed by atoms with Gasteiger partial charge in [0, 0.05) is 17.5 Å². The van der Waals surface area contributed by atoms with Crippen LogP contribution in [-0.4, -0.2) is 11.0 Å². The van der Waals surface area contributed by atoms with Crippen molar-refractivity contribution in [3.05, 3.63) is 28.1 Å². The lowest BCUT2D eigenvalue weighted by Gasteiger charge is -1.99. The molecule has 0 saturated heterocycles. The molecule has 0 atom stereocenters. The standard InChI is InChI=1S/C12H14N2S2/c1-8-11(7-13-9-4-5-9)16-12(14-8)10-3-2-6-15-10/h2-3,6,9,13H,4-5,7H2,1H3. The Balaban J connectivity index is 1.78. The smallest absolute Gasteiger partial charge is 0.133 e. The Morgan fingerprint density at radius 1 is 1.50 bits per heavy atom. The van der Waals surface area contributed by atoms with Crippen LogP contribution in [0.5, 0.6) is 0 Å². The van der Waals surface area contributed by atoms with E-state index in [-0.39, 0.29) is 0 Å². The number of aryl methyl sites for hydroxylation is 1. The van der Waals surface area contributed by atoms with E-state index in [1.54, 1.807) is 11.3 Å². The topological polar surface area (TPSA) is 24.9 Å². The third-order valence-electron chi connectivity index (χ3n) is 2.75. The summed E-state index contributed by atoms with van der Waals surface area (Å²) >= 11 is 3.59. The number of thiophene rings is 1. The number of nitrogens with zero attached hydrogens (tertiary/aromatic N) is 1.